The number of rotatable bonds is 8. The van der Waals surface area contributed by atoms with Gasteiger partial charge in [0.25, 0.3) is 5.56 Å². The normalized spacial score (nSPS) is 10.8. The molecule has 3 aromatic carbocycles. The highest BCUT2D eigenvalue weighted by atomic mass is 32.1. The Kier molecular flexibility index (Phi) is 7.90. The largest absolute Gasteiger partial charge is 0.493 e. The van der Waals surface area contributed by atoms with E-state index in [0.717, 1.165) is 17.5 Å². The van der Waals surface area contributed by atoms with E-state index in [1.165, 1.54) is 16.7 Å². The molecule has 0 unspecified atom stereocenters. The van der Waals surface area contributed by atoms with Gasteiger partial charge >= 0.3 is 0 Å². The molecule has 0 fully saturated rings. The van der Waals surface area contributed by atoms with Crippen LogP contribution in [0.15, 0.2) is 71.5 Å². The number of aromatic amines is 1. The molecule has 1 heterocycles. The van der Waals surface area contributed by atoms with Crippen LogP contribution in [0.5, 0.6) is 11.5 Å². The minimum absolute atomic E-state index is 0.159. The first kappa shape index (κ1) is 25.3. The third-order valence-corrected chi connectivity index (χ3v) is 6.49. The van der Waals surface area contributed by atoms with Crippen molar-refractivity contribution >= 4 is 33.9 Å². The van der Waals surface area contributed by atoms with Gasteiger partial charge in [-0.15, -0.1) is 0 Å². The second-order valence-corrected chi connectivity index (χ2v) is 9.26. The molecule has 0 aliphatic heterocycles. The van der Waals surface area contributed by atoms with Crippen LogP contribution in [0.4, 0.5) is 5.69 Å². The summed E-state index contributed by atoms with van der Waals surface area (Å²) >= 11 is 5.81. The van der Waals surface area contributed by atoms with Gasteiger partial charge in [0.1, 0.15) is 0 Å². The molecule has 0 saturated carbocycles. The molecule has 0 bridgehead atoms. The molecule has 0 aliphatic rings. The Bertz CT molecular complexity index is 1430. The molecule has 6 nitrogen and oxygen atoms in total. The zero-order chi connectivity index (χ0) is 25.7. The number of nitrogens with zero attached hydrogens (tertiary/aromatic N) is 1. The minimum Gasteiger partial charge on any atom is -0.493 e. The van der Waals surface area contributed by atoms with Crippen molar-refractivity contribution in [3.05, 3.63) is 99.3 Å². The highest BCUT2D eigenvalue weighted by Crippen LogP contribution is 2.31. The van der Waals surface area contributed by atoms with Crippen LogP contribution in [-0.4, -0.2) is 35.8 Å². The van der Waals surface area contributed by atoms with Gasteiger partial charge in [-0.05, 0) is 62.3 Å². The number of ether oxygens (including phenoxy) is 2. The molecule has 4 rings (SSSR count). The van der Waals surface area contributed by atoms with E-state index in [0.29, 0.717) is 40.8 Å². The molecule has 0 saturated heterocycles. The lowest BCUT2D eigenvalue weighted by Crippen LogP contribution is -2.37. The van der Waals surface area contributed by atoms with Crippen molar-refractivity contribution in [2.75, 3.05) is 26.1 Å². The SMILES string of the molecule is COc1cc2cc(CN(CCc3cccc(C)c3)C(=S)Nc3ccc(C)cc3)c(=O)[nH]c2cc1OC. The number of hydrogen-bond acceptors (Lipinski definition) is 4. The van der Waals surface area contributed by atoms with E-state index in [-0.39, 0.29) is 5.56 Å². The number of fused-ring (bicyclic) bond motifs is 1. The number of benzene rings is 3. The first-order valence-corrected chi connectivity index (χ1v) is 12.2. The monoisotopic (exact) mass is 501 g/mol. The number of anilines is 1. The Morgan fingerprint density at radius 3 is 2.36 bits per heavy atom. The van der Waals surface area contributed by atoms with Gasteiger partial charge in [0.05, 0.1) is 26.3 Å². The van der Waals surface area contributed by atoms with Crippen LogP contribution >= 0.6 is 12.2 Å². The van der Waals surface area contributed by atoms with Gasteiger partial charge in [-0.1, -0.05) is 47.5 Å². The summed E-state index contributed by atoms with van der Waals surface area (Å²) in [5.41, 5.74) is 5.68. The van der Waals surface area contributed by atoms with Crippen molar-refractivity contribution < 1.29 is 9.47 Å². The smallest absolute Gasteiger partial charge is 0.253 e. The molecule has 2 N–H and O–H groups in total. The fourth-order valence-corrected chi connectivity index (χ4v) is 4.40. The molecule has 7 heteroatoms. The molecule has 0 amide bonds. The maximum absolute atomic E-state index is 13.0. The Morgan fingerprint density at radius 1 is 0.944 bits per heavy atom. The van der Waals surface area contributed by atoms with Crippen molar-refractivity contribution in [2.45, 2.75) is 26.8 Å². The summed E-state index contributed by atoms with van der Waals surface area (Å²) in [7, 11) is 3.17. The molecule has 0 atom stereocenters. The number of hydrogen-bond donors (Lipinski definition) is 2. The number of aryl methyl sites for hydroxylation is 2. The Labute approximate surface area is 216 Å². The predicted molar refractivity (Wildman–Crippen MR) is 150 cm³/mol. The molecule has 0 spiro atoms. The summed E-state index contributed by atoms with van der Waals surface area (Å²) in [5, 5.41) is 4.76. The average molecular weight is 502 g/mol. The van der Waals surface area contributed by atoms with Crippen LogP contribution in [-0.2, 0) is 13.0 Å². The van der Waals surface area contributed by atoms with Crippen LogP contribution < -0.4 is 20.3 Å². The zero-order valence-corrected chi connectivity index (χ0v) is 21.9. The summed E-state index contributed by atoms with van der Waals surface area (Å²) in [5.74, 6) is 1.17. The van der Waals surface area contributed by atoms with E-state index < -0.39 is 0 Å². The fourth-order valence-electron chi connectivity index (χ4n) is 4.12. The van der Waals surface area contributed by atoms with Gasteiger partial charge in [0, 0.05) is 29.2 Å². The lowest BCUT2D eigenvalue weighted by atomic mass is 10.1. The summed E-state index contributed by atoms with van der Waals surface area (Å²) in [6.07, 6.45) is 0.800. The van der Waals surface area contributed by atoms with E-state index in [2.05, 4.69) is 41.5 Å². The maximum Gasteiger partial charge on any atom is 0.253 e. The van der Waals surface area contributed by atoms with E-state index in [1.807, 2.05) is 48.2 Å². The first-order valence-electron chi connectivity index (χ1n) is 11.8. The Hall–Kier alpha value is -3.84. The number of methoxy groups -OCH3 is 2. The van der Waals surface area contributed by atoms with Crippen LogP contribution in [0.3, 0.4) is 0 Å². The molecule has 186 valence electrons. The average Bonchev–Trinajstić information content (AvgIpc) is 2.87. The number of pyridine rings is 1. The van der Waals surface area contributed by atoms with Gasteiger partial charge in [0.2, 0.25) is 0 Å². The molecule has 0 radical (unpaired) electrons. The van der Waals surface area contributed by atoms with Crippen molar-refractivity contribution in [3.63, 3.8) is 0 Å². The highest BCUT2D eigenvalue weighted by molar-refractivity contribution is 7.80. The lowest BCUT2D eigenvalue weighted by molar-refractivity contribution is 0.355. The van der Waals surface area contributed by atoms with Crippen molar-refractivity contribution in [3.8, 4) is 11.5 Å². The van der Waals surface area contributed by atoms with Crippen LogP contribution in [0.2, 0.25) is 0 Å². The second-order valence-electron chi connectivity index (χ2n) is 8.87. The fraction of sp³-hybridized carbons (Fsp3) is 0.241. The first-order chi connectivity index (χ1) is 17.4. The van der Waals surface area contributed by atoms with Gasteiger partial charge in [0.15, 0.2) is 16.6 Å². The van der Waals surface area contributed by atoms with Crippen LogP contribution in [0.25, 0.3) is 10.9 Å². The topological polar surface area (TPSA) is 66.6 Å². The Balaban J connectivity index is 1.63. The molecule has 1 aromatic heterocycles. The van der Waals surface area contributed by atoms with Crippen molar-refractivity contribution in [2.24, 2.45) is 0 Å². The van der Waals surface area contributed by atoms with Gasteiger partial charge < -0.3 is 24.7 Å². The summed E-state index contributed by atoms with van der Waals surface area (Å²) in [4.78, 5) is 18.1. The van der Waals surface area contributed by atoms with Gasteiger partial charge in [-0.25, -0.2) is 0 Å². The van der Waals surface area contributed by atoms with Crippen molar-refractivity contribution in [1.82, 2.24) is 9.88 Å². The standard InChI is InChI=1S/C29H31N3O3S/c1-19-8-10-24(11-9-19)30-29(36)32(13-12-21-7-5-6-20(2)14-21)18-23-15-22-16-26(34-3)27(35-4)17-25(22)31-28(23)33/h5-11,14-17H,12-13,18H2,1-4H3,(H,30,36)(H,31,33). The van der Waals surface area contributed by atoms with Crippen LogP contribution in [0.1, 0.15) is 22.3 Å². The zero-order valence-electron chi connectivity index (χ0n) is 21.1. The molecular formula is C29H31N3O3S. The summed E-state index contributed by atoms with van der Waals surface area (Å²) in [6.45, 7) is 5.16. The third kappa shape index (κ3) is 6.04. The third-order valence-electron chi connectivity index (χ3n) is 6.13. The quantitative estimate of drug-likeness (QED) is 0.306. The van der Waals surface area contributed by atoms with Gasteiger partial charge in [-0.2, -0.15) is 0 Å². The molecule has 4 aromatic rings. The summed E-state index contributed by atoms with van der Waals surface area (Å²) < 4.78 is 10.8. The minimum atomic E-state index is -0.159. The van der Waals surface area contributed by atoms with Crippen molar-refractivity contribution in [1.29, 1.82) is 0 Å². The van der Waals surface area contributed by atoms with E-state index in [1.54, 1.807) is 20.3 Å². The number of nitrogens with one attached hydrogen (secondary N) is 2. The second kappa shape index (κ2) is 11.3. The van der Waals surface area contributed by atoms with E-state index in [4.69, 9.17) is 21.7 Å². The number of thiocarbonyl (C=S) groups is 1. The maximum atomic E-state index is 13.0. The van der Waals surface area contributed by atoms with Crippen LogP contribution in [0, 0.1) is 13.8 Å². The van der Waals surface area contributed by atoms with E-state index in [9.17, 15) is 4.79 Å². The molecular weight excluding hydrogens is 470 g/mol. The summed E-state index contributed by atoms with van der Waals surface area (Å²) in [6, 6.07) is 22.1. The number of H-pyrrole nitrogens is 1. The van der Waals surface area contributed by atoms with Gasteiger partial charge in [-0.3, -0.25) is 4.79 Å². The van der Waals surface area contributed by atoms with E-state index >= 15 is 0 Å². The number of aromatic nitrogens is 1. The Morgan fingerprint density at radius 2 is 1.67 bits per heavy atom. The predicted octanol–water partition coefficient (Wildman–Crippen LogP) is 5.60. The highest BCUT2D eigenvalue weighted by Gasteiger charge is 2.15. The molecule has 36 heavy (non-hydrogen) atoms. The lowest BCUT2D eigenvalue weighted by Gasteiger charge is -2.26. The molecule has 0 aliphatic carbocycles.